The number of nitrogens with zero attached hydrogens (tertiary/aromatic N) is 1. The lowest BCUT2D eigenvalue weighted by Crippen LogP contribution is -2.22. The van der Waals surface area contributed by atoms with E-state index in [1.807, 2.05) is 0 Å². The van der Waals surface area contributed by atoms with E-state index in [1.54, 1.807) is 42.5 Å². The zero-order valence-electron chi connectivity index (χ0n) is 13.1. The minimum atomic E-state index is -3.63. The van der Waals surface area contributed by atoms with E-state index in [2.05, 4.69) is 6.07 Å². The van der Waals surface area contributed by atoms with E-state index in [0.29, 0.717) is 10.8 Å². The predicted octanol–water partition coefficient (Wildman–Crippen LogP) is 4.52. The zero-order valence-corrected chi connectivity index (χ0v) is 15.4. The first-order valence-electron chi connectivity index (χ1n) is 7.72. The Labute approximate surface area is 156 Å². The molecule has 0 amide bonds. The molecule has 3 rings (SSSR count). The number of rotatable bonds is 4. The molecule has 1 saturated carbocycles. The summed E-state index contributed by atoms with van der Waals surface area (Å²) in [5.41, 5.74) is 0. The summed E-state index contributed by atoms with van der Waals surface area (Å²) in [4.78, 5) is 0.102. The average molecular weight is 396 g/mol. The number of halogens is 2. The number of nitriles is 1. The van der Waals surface area contributed by atoms with Crippen LogP contribution in [0.5, 0.6) is 5.75 Å². The second-order valence-electron chi connectivity index (χ2n) is 5.91. The topological polar surface area (TPSA) is 67.2 Å². The first-order chi connectivity index (χ1) is 11.9. The number of hydrogen-bond acceptors (Lipinski definition) is 4. The van der Waals surface area contributed by atoms with Gasteiger partial charge in [0, 0.05) is 11.4 Å². The van der Waals surface area contributed by atoms with E-state index in [0.717, 1.165) is 0 Å². The molecule has 3 atom stereocenters. The van der Waals surface area contributed by atoms with Crippen LogP contribution >= 0.6 is 23.2 Å². The normalized spacial score (nSPS) is 23.2. The molecule has 0 unspecified atom stereocenters. The average Bonchev–Trinajstić information content (AvgIpc) is 3.01. The highest BCUT2D eigenvalue weighted by molar-refractivity contribution is 7.92. The van der Waals surface area contributed by atoms with Gasteiger partial charge in [0.05, 0.1) is 27.2 Å². The predicted molar refractivity (Wildman–Crippen MR) is 96.6 cm³/mol. The summed E-state index contributed by atoms with van der Waals surface area (Å²) in [6, 6.07) is 15.3. The van der Waals surface area contributed by atoms with Gasteiger partial charge in [-0.25, -0.2) is 8.42 Å². The molecule has 7 heteroatoms. The third-order valence-electron chi connectivity index (χ3n) is 4.31. The molecule has 0 aliphatic heterocycles. The summed E-state index contributed by atoms with van der Waals surface area (Å²) in [5.74, 6) is 0.0587. The van der Waals surface area contributed by atoms with Crippen LogP contribution in [0.25, 0.3) is 0 Å². The molecule has 0 aromatic heterocycles. The van der Waals surface area contributed by atoms with Crippen molar-refractivity contribution in [3.8, 4) is 11.8 Å². The molecule has 0 saturated heterocycles. The van der Waals surface area contributed by atoms with Gasteiger partial charge in [-0.05, 0) is 42.8 Å². The van der Waals surface area contributed by atoms with Gasteiger partial charge >= 0.3 is 0 Å². The van der Waals surface area contributed by atoms with Crippen LogP contribution in [0.4, 0.5) is 0 Å². The van der Waals surface area contributed by atoms with Crippen molar-refractivity contribution < 1.29 is 13.2 Å². The molecule has 1 fully saturated rings. The molecule has 0 heterocycles. The lowest BCUT2D eigenvalue weighted by Gasteiger charge is -2.16. The maximum Gasteiger partial charge on any atom is 0.182 e. The molecule has 130 valence electrons. The van der Waals surface area contributed by atoms with E-state index >= 15 is 0 Å². The van der Waals surface area contributed by atoms with Gasteiger partial charge in [-0.1, -0.05) is 35.3 Å². The lowest BCUT2D eigenvalue weighted by molar-refractivity contribution is 0.183. The van der Waals surface area contributed by atoms with Gasteiger partial charge in [0.25, 0.3) is 0 Å². The highest BCUT2D eigenvalue weighted by Crippen LogP contribution is 2.37. The fourth-order valence-electron chi connectivity index (χ4n) is 3.02. The lowest BCUT2D eigenvalue weighted by atomic mass is 10.1. The summed E-state index contributed by atoms with van der Waals surface area (Å²) in [6.45, 7) is 0. The Morgan fingerprint density at radius 2 is 1.72 bits per heavy atom. The quantitative estimate of drug-likeness (QED) is 0.762. The summed E-state index contributed by atoms with van der Waals surface area (Å²) in [7, 11) is -3.63. The summed E-state index contributed by atoms with van der Waals surface area (Å²) < 4.78 is 31.6. The third-order valence-corrected chi connectivity index (χ3v) is 7.23. The van der Waals surface area contributed by atoms with Gasteiger partial charge in [-0.2, -0.15) is 5.26 Å². The Morgan fingerprint density at radius 3 is 2.36 bits per heavy atom. The maximum atomic E-state index is 12.9. The van der Waals surface area contributed by atoms with Gasteiger partial charge in [-0.15, -0.1) is 0 Å². The van der Waals surface area contributed by atoms with Crippen molar-refractivity contribution in [2.75, 3.05) is 0 Å². The van der Waals surface area contributed by atoms with Crippen LogP contribution in [0.15, 0.2) is 53.4 Å². The van der Waals surface area contributed by atoms with Crippen molar-refractivity contribution in [2.45, 2.75) is 29.1 Å². The van der Waals surface area contributed by atoms with Crippen molar-refractivity contribution in [1.82, 2.24) is 0 Å². The first kappa shape index (κ1) is 18.1. The smallest absolute Gasteiger partial charge is 0.182 e. The molecule has 1 aliphatic carbocycles. The Bertz CT molecular complexity index is 907. The van der Waals surface area contributed by atoms with E-state index < -0.39 is 27.1 Å². The van der Waals surface area contributed by atoms with Crippen molar-refractivity contribution in [2.24, 2.45) is 5.92 Å². The Kier molecular flexibility index (Phi) is 5.24. The molecule has 0 N–H and O–H groups in total. The number of ether oxygens (including phenoxy) is 1. The van der Waals surface area contributed by atoms with Crippen molar-refractivity contribution in [1.29, 1.82) is 5.26 Å². The standard InChI is InChI=1S/C18H15Cl2NO3S/c19-13-5-7-14(8-6-13)24-17-10-15(9-12(17)11-21)25(22,23)18-4-2-1-3-16(18)20/h1-8,12,15,17H,9-10H2/t12-,15+,17+/m1/s1. The van der Waals surface area contributed by atoms with Crippen LogP contribution in [0, 0.1) is 17.2 Å². The van der Waals surface area contributed by atoms with E-state index in [4.69, 9.17) is 27.9 Å². The molecular weight excluding hydrogens is 381 g/mol. The van der Waals surface area contributed by atoms with Crippen molar-refractivity contribution in [3.63, 3.8) is 0 Å². The van der Waals surface area contributed by atoms with Crippen LogP contribution in [0.3, 0.4) is 0 Å². The van der Waals surface area contributed by atoms with E-state index in [1.165, 1.54) is 6.07 Å². The largest absolute Gasteiger partial charge is 0.489 e. The molecule has 25 heavy (non-hydrogen) atoms. The minimum absolute atomic E-state index is 0.102. The van der Waals surface area contributed by atoms with E-state index in [9.17, 15) is 13.7 Å². The molecular formula is C18H15Cl2NO3S. The Hall–Kier alpha value is -1.74. The van der Waals surface area contributed by atoms with Gasteiger partial charge in [0.15, 0.2) is 9.84 Å². The second kappa shape index (κ2) is 7.25. The molecule has 0 bridgehead atoms. The van der Waals surface area contributed by atoms with Crippen molar-refractivity contribution >= 4 is 33.0 Å². The van der Waals surface area contributed by atoms with Crippen LogP contribution < -0.4 is 4.74 Å². The van der Waals surface area contributed by atoms with Crippen LogP contribution in [-0.4, -0.2) is 19.8 Å². The summed E-state index contributed by atoms with van der Waals surface area (Å²) in [5, 5.41) is 9.47. The van der Waals surface area contributed by atoms with Crippen LogP contribution in [-0.2, 0) is 9.84 Å². The SMILES string of the molecule is N#C[C@H]1C[C@H](S(=O)(=O)c2ccccc2Cl)C[C@@H]1Oc1ccc(Cl)cc1. The maximum absolute atomic E-state index is 12.9. The number of benzene rings is 2. The fourth-order valence-corrected chi connectivity index (χ4v) is 5.47. The van der Waals surface area contributed by atoms with E-state index in [-0.39, 0.29) is 22.8 Å². The summed E-state index contributed by atoms with van der Waals surface area (Å²) in [6.07, 6.45) is -0.0232. The molecule has 2 aromatic rings. The minimum Gasteiger partial charge on any atom is -0.489 e. The van der Waals surface area contributed by atoms with Gasteiger partial charge in [-0.3, -0.25) is 0 Å². The first-order valence-corrected chi connectivity index (χ1v) is 10.0. The highest BCUT2D eigenvalue weighted by Gasteiger charge is 2.43. The monoisotopic (exact) mass is 395 g/mol. The van der Waals surface area contributed by atoms with Gasteiger partial charge < -0.3 is 4.74 Å². The molecule has 2 aromatic carbocycles. The van der Waals surface area contributed by atoms with Gasteiger partial charge in [0.1, 0.15) is 11.9 Å². The highest BCUT2D eigenvalue weighted by atomic mass is 35.5. The number of hydrogen-bond donors (Lipinski definition) is 0. The van der Waals surface area contributed by atoms with Crippen LogP contribution in [0.2, 0.25) is 10.0 Å². The fraction of sp³-hybridized carbons (Fsp3) is 0.278. The molecule has 1 aliphatic rings. The van der Waals surface area contributed by atoms with Crippen molar-refractivity contribution in [3.05, 3.63) is 58.6 Å². The number of sulfone groups is 1. The second-order valence-corrected chi connectivity index (χ2v) is 8.95. The molecule has 0 spiro atoms. The molecule has 0 radical (unpaired) electrons. The third kappa shape index (κ3) is 3.77. The summed E-state index contributed by atoms with van der Waals surface area (Å²) >= 11 is 11.9. The van der Waals surface area contributed by atoms with Gasteiger partial charge in [0.2, 0.25) is 0 Å². The zero-order chi connectivity index (χ0) is 18.0. The molecule has 4 nitrogen and oxygen atoms in total. The van der Waals surface area contributed by atoms with Crippen LogP contribution in [0.1, 0.15) is 12.8 Å². The Balaban J connectivity index is 1.83. The Morgan fingerprint density at radius 1 is 1.04 bits per heavy atom.